The van der Waals surface area contributed by atoms with Crippen LogP contribution in [0.15, 0.2) is 12.1 Å². The summed E-state index contributed by atoms with van der Waals surface area (Å²) in [5.74, 6) is 0. The van der Waals surface area contributed by atoms with E-state index in [4.69, 9.17) is 0 Å². The standard InChI is InChI=1S/C12H17NOS/c1-8-5-6-11(10(3)9(8)2)7-13(4)12(14)15/h5-6H,7H2,1-4H3,(H,14,15). The van der Waals surface area contributed by atoms with Crippen molar-refractivity contribution in [2.45, 2.75) is 27.3 Å². The molecular formula is C12H17NOS. The molecule has 3 heteroatoms. The molecule has 0 radical (unpaired) electrons. The van der Waals surface area contributed by atoms with Gasteiger partial charge >= 0.3 is 0 Å². The second kappa shape index (κ2) is 4.71. The smallest absolute Gasteiger partial charge is 0.278 e. The van der Waals surface area contributed by atoms with Crippen molar-refractivity contribution >= 4 is 17.9 Å². The molecule has 0 saturated heterocycles. The summed E-state index contributed by atoms with van der Waals surface area (Å²) >= 11 is 3.79. The van der Waals surface area contributed by atoms with Crippen LogP contribution in [0.25, 0.3) is 0 Å². The molecule has 0 N–H and O–H groups in total. The van der Waals surface area contributed by atoms with Crippen LogP contribution in [0.2, 0.25) is 0 Å². The quantitative estimate of drug-likeness (QED) is 0.764. The summed E-state index contributed by atoms with van der Waals surface area (Å²) in [6.07, 6.45) is 0. The molecule has 0 bridgehead atoms. The lowest BCUT2D eigenvalue weighted by molar-refractivity contribution is 0.232. The van der Waals surface area contributed by atoms with Gasteiger partial charge in [-0.15, -0.1) is 0 Å². The number of rotatable bonds is 2. The maximum absolute atomic E-state index is 11.0. The Balaban J connectivity index is 2.97. The number of hydrogen-bond acceptors (Lipinski definition) is 1. The van der Waals surface area contributed by atoms with Crippen molar-refractivity contribution in [1.82, 2.24) is 4.90 Å². The van der Waals surface area contributed by atoms with Gasteiger partial charge < -0.3 is 4.90 Å². The van der Waals surface area contributed by atoms with Crippen LogP contribution in [0.5, 0.6) is 0 Å². The van der Waals surface area contributed by atoms with Crippen LogP contribution in [0.1, 0.15) is 22.3 Å². The van der Waals surface area contributed by atoms with Gasteiger partial charge in [-0.25, -0.2) is 0 Å². The lowest BCUT2D eigenvalue weighted by Gasteiger charge is -2.17. The normalized spacial score (nSPS) is 10.2. The third kappa shape index (κ3) is 2.75. The van der Waals surface area contributed by atoms with Gasteiger partial charge in [0.25, 0.3) is 5.24 Å². The Morgan fingerprint density at radius 3 is 2.40 bits per heavy atom. The van der Waals surface area contributed by atoms with E-state index in [1.807, 2.05) is 0 Å². The number of amides is 1. The Morgan fingerprint density at radius 1 is 1.27 bits per heavy atom. The van der Waals surface area contributed by atoms with Crippen LogP contribution in [-0.4, -0.2) is 17.2 Å². The minimum atomic E-state index is -0.201. The Labute approximate surface area is 96.7 Å². The average Bonchev–Trinajstić information content (AvgIpc) is 2.18. The van der Waals surface area contributed by atoms with Crippen molar-refractivity contribution in [2.75, 3.05) is 7.05 Å². The zero-order chi connectivity index (χ0) is 11.6. The zero-order valence-corrected chi connectivity index (χ0v) is 10.6. The van der Waals surface area contributed by atoms with Crippen molar-refractivity contribution in [2.24, 2.45) is 0 Å². The molecule has 15 heavy (non-hydrogen) atoms. The number of nitrogens with zero attached hydrogens (tertiary/aromatic N) is 1. The van der Waals surface area contributed by atoms with Crippen LogP contribution >= 0.6 is 12.6 Å². The van der Waals surface area contributed by atoms with E-state index in [0.29, 0.717) is 6.54 Å². The maximum atomic E-state index is 11.0. The van der Waals surface area contributed by atoms with Crippen molar-refractivity contribution in [3.05, 3.63) is 34.4 Å². The van der Waals surface area contributed by atoms with E-state index in [-0.39, 0.29) is 5.24 Å². The summed E-state index contributed by atoms with van der Waals surface area (Å²) in [5, 5.41) is -0.201. The maximum Gasteiger partial charge on any atom is 0.278 e. The molecule has 1 aromatic rings. The van der Waals surface area contributed by atoms with Gasteiger partial charge in [-0.05, 0) is 43.0 Å². The number of carbonyl (C=O) groups is 1. The van der Waals surface area contributed by atoms with Gasteiger partial charge in [-0.1, -0.05) is 24.8 Å². The fourth-order valence-corrected chi connectivity index (χ4v) is 1.58. The first-order valence-corrected chi connectivity index (χ1v) is 5.38. The van der Waals surface area contributed by atoms with E-state index < -0.39 is 0 Å². The topological polar surface area (TPSA) is 20.3 Å². The molecule has 1 amide bonds. The molecule has 0 atom stereocenters. The van der Waals surface area contributed by atoms with E-state index in [2.05, 4.69) is 45.5 Å². The summed E-state index contributed by atoms with van der Waals surface area (Å²) in [7, 11) is 1.75. The number of benzene rings is 1. The lowest BCUT2D eigenvalue weighted by Crippen LogP contribution is -2.20. The highest BCUT2D eigenvalue weighted by Crippen LogP contribution is 2.18. The third-order valence-electron chi connectivity index (χ3n) is 2.90. The van der Waals surface area contributed by atoms with Gasteiger partial charge in [0.05, 0.1) is 0 Å². The second-order valence-corrected chi connectivity index (χ2v) is 4.31. The van der Waals surface area contributed by atoms with Crippen LogP contribution in [-0.2, 0) is 6.54 Å². The predicted octanol–water partition coefficient (Wildman–Crippen LogP) is 3.09. The minimum absolute atomic E-state index is 0.201. The van der Waals surface area contributed by atoms with Crippen LogP contribution in [0, 0.1) is 20.8 Å². The Kier molecular flexibility index (Phi) is 3.80. The fraction of sp³-hybridized carbons (Fsp3) is 0.417. The zero-order valence-electron chi connectivity index (χ0n) is 9.66. The van der Waals surface area contributed by atoms with Crippen LogP contribution in [0.3, 0.4) is 0 Å². The first-order chi connectivity index (χ1) is 6.93. The van der Waals surface area contributed by atoms with E-state index >= 15 is 0 Å². The SMILES string of the molecule is Cc1ccc(CN(C)C(=O)S)c(C)c1C. The van der Waals surface area contributed by atoms with E-state index in [0.717, 1.165) is 0 Å². The molecule has 0 aliphatic carbocycles. The molecule has 1 rings (SSSR count). The molecule has 0 aromatic heterocycles. The molecule has 1 aromatic carbocycles. The summed E-state index contributed by atoms with van der Waals surface area (Å²) in [6, 6.07) is 4.17. The molecular weight excluding hydrogens is 206 g/mol. The van der Waals surface area contributed by atoms with Gasteiger partial charge in [0.1, 0.15) is 0 Å². The van der Waals surface area contributed by atoms with Gasteiger partial charge in [0.15, 0.2) is 0 Å². The van der Waals surface area contributed by atoms with Crippen molar-refractivity contribution in [1.29, 1.82) is 0 Å². The third-order valence-corrected chi connectivity index (χ3v) is 3.25. The van der Waals surface area contributed by atoms with Crippen LogP contribution < -0.4 is 0 Å². The van der Waals surface area contributed by atoms with E-state index in [1.165, 1.54) is 22.3 Å². The number of thiol groups is 1. The Bertz CT molecular complexity index is 387. The van der Waals surface area contributed by atoms with Gasteiger partial charge in [0.2, 0.25) is 0 Å². The largest absolute Gasteiger partial charge is 0.333 e. The molecule has 2 nitrogen and oxygen atoms in total. The highest BCUT2D eigenvalue weighted by Gasteiger charge is 2.08. The Hall–Kier alpha value is -0.960. The van der Waals surface area contributed by atoms with Gasteiger partial charge in [0, 0.05) is 13.6 Å². The predicted molar refractivity (Wildman–Crippen MR) is 66.5 cm³/mol. The first-order valence-electron chi connectivity index (χ1n) is 4.93. The number of hydrogen-bond donors (Lipinski definition) is 1. The summed E-state index contributed by atoms with van der Waals surface area (Å²) < 4.78 is 0. The average molecular weight is 223 g/mol. The molecule has 82 valence electrons. The molecule has 0 saturated carbocycles. The fourth-order valence-electron chi connectivity index (χ4n) is 1.51. The van der Waals surface area contributed by atoms with E-state index in [9.17, 15) is 4.79 Å². The molecule has 0 spiro atoms. The molecule has 0 heterocycles. The second-order valence-electron chi connectivity index (χ2n) is 3.93. The summed E-state index contributed by atoms with van der Waals surface area (Å²) in [5.41, 5.74) is 5.03. The van der Waals surface area contributed by atoms with Crippen molar-refractivity contribution < 1.29 is 4.79 Å². The number of aryl methyl sites for hydroxylation is 1. The highest BCUT2D eigenvalue weighted by molar-refractivity contribution is 7.96. The van der Waals surface area contributed by atoms with Gasteiger partial charge in [-0.3, -0.25) is 4.79 Å². The first kappa shape index (κ1) is 12.1. The summed E-state index contributed by atoms with van der Waals surface area (Å²) in [4.78, 5) is 12.6. The van der Waals surface area contributed by atoms with Crippen molar-refractivity contribution in [3.8, 4) is 0 Å². The van der Waals surface area contributed by atoms with Gasteiger partial charge in [-0.2, -0.15) is 0 Å². The van der Waals surface area contributed by atoms with E-state index in [1.54, 1.807) is 11.9 Å². The molecule has 0 unspecified atom stereocenters. The minimum Gasteiger partial charge on any atom is -0.333 e. The Morgan fingerprint density at radius 2 is 1.87 bits per heavy atom. The monoisotopic (exact) mass is 223 g/mol. The molecule has 0 aliphatic rings. The number of carbonyl (C=O) groups excluding carboxylic acids is 1. The molecule has 0 fully saturated rings. The highest BCUT2D eigenvalue weighted by atomic mass is 32.1. The lowest BCUT2D eigenvalue weighted by atomic mass is 9.99. The van der Waals surface area contributed by atoms with Crippen molar-refractivity contribution in [3.63, 3.8) is 0 Å². The molecule has 0 aliphatic heterocycles. The van der Waals surface area contributed by atoms with Crippen LogP contribution in [0.4, 0.5) is 4.79 Å². The summed E-state index contributed by atoms with van der Waals surface area (Å²) in [6.45, 7) is 6.92.